The molecule has 1 saturated carbocycles. The number of benzene rings is 1. The van der Waals surface area contributed by atoms with Crippen molar-refractivity contribution < 1.29 is 13.6 Å². The van der Waals surface area contributed by atoms with E-state index in [1.54, 1.807) is 0 Å². The van der Waals surface area contributed by atoms with E-state index in [2.05, 4.69) is 10.1 Å². The molecule has 6 heteroatoms. The Labute approximate surface area is 119 Å². The van der Waals surface area contributed by atoms with Crippen molar-refractivity contribution in [2.24, 2.45) is 5.92 Å². The monoisotopic (exact) mass is 289 g/mol. The lowest BCUT2D eigenvalue weighted by Crippen LogP contribution is -2.11. The first-order valence-electron chi connectivity index (χ1n) is 6.99. The maximum Gasteiger partial charge on any atom is 0.218 e. The second-order valence-corrected chi connectivity index (χ2v) is 5.59. The van der Waals surface area contributed by atoms with Gasteiger partial charge >= 0.3 is 0 Å². The quantitative estimate of drug-likeness (QED) is 0.816. The number of rotatable bonds is 3. The number of carbonyl (C=O) groups excluding carboxylic acids is 1. The predicted octanol–water partition coefficient (Wildman–Crippen LogP) is 2.82. The molecule has 1 aliphatic heterocycles. The van der Waals surface area contributed by atoms with E-state index in [0.29, 0.717) is 0 Å². The summed E-state index contributed by atoms with van der Waals surface area (Å²) in [6, 6.07) is 9.17. The number of fused-ring (bicyclic) bond motifs is 1. The number of carbonyl (C=O) groups is 1. The lowest BCUT2D eigenvalue weighted by atomic mass is 10.0. The van der Waals surface area contributed by atoms with Crippen LogP contribution in [0.15, 0.2) is 30.3 Å². The summed E-state index contributed by atoms with van der Waals surface area (Å²) in [6.07, 6.45) is -1.85. The molecule has 0 bridgehead atoms. The normalized spacial score (nSPS) is 30.2. The smallest absolute Gasteiger partial charge is 0.218 e. The fourth-order valence-corrected chi connectivity index (χ4v) is 2.84. The third kappa shape index (κ3) is 1.97. The molecule has 2 heterocycles. The summed E-state index contributed by atoms with van der Waals surface area (Å²) >= 11 is 0. The SMILES string of the molecule is O=C(c1nc2n(n1)[C@H](c1ccccc1)C[C@@H]2F)[C@H]1C[C@@H]1F. The highest BCUT2D eigenvalue weighted by Crippen LogP contribution is 2.41. The van der Waals surface area contributed by atoms with Crippen molar-refractivity contribution in [2.75, 3.05) is 0 Å². The van der Waals surface area contributed by atoms with Crippen LogP contribution in [-0.2, 0) is 0 Å². The van der Waals surface area contributed by atoms with E-state index in [9.17, 15) is 13.6 Å². The van der Waals surface area contributed by atoms with E-state index in [4.69, 9.17) is 0 Å². The molecule has 21 heavy (non-hydrogen) atoms. The summed E-state index contributed by atoms with van der Waals surface area (Å²) in [5.41, 5.74) is 0.928. The third-order valence-electron chi connectivity index (χ3n) is 4.12. The number of hydrogen-bond donors (Lipinski definition) is 0. The zero-order chi connectivity index (χ0) is 14.6. The first kappa shape index (κ1) is 12.6. The lowest BCUT2D eigenvalue weighted by Gasteiger charge is -2.11. The maximum absolute atomic E-state index is 14.1. The summed E-state index contributed by atoms with van der Waals surface area (Å²) in [5.74, 6) is -0.938. The topological polar surface area (TPSA) is 47.8 Å². The molecule has 4 nitrogen and oxygen atoms in total. The molecule has 2 aliphatic rings. The maximum atomic E-state index is 14.1. The van der Waals surface area contributed by atoms with Gasteiger partial charge in [-0.25, -0.2) is 18.4 Å². The number of aromatic nitrogens is 3. The Hall–Kier alpha value is -2.11. The minimum Gasteiger partial charge on any atom is -0.290 e. The first-order valence-corrected chi connectivity index (χ1v) is 6.99. The lowest BCUT2D eigenvalue weighted by molar-refractivity contribution is 0.0946. The van der Waals surface area contributed by atoms with Gasteiger partial charge < -0.3 is 0 Å². The average Bonchev–Trinajstić information content (AvgIpc) is 2.95. The van der Waals surface area contributed by atoms with Crippen LogP contribution in [0.25, 0.3) is 0 Å². The molecule has 1 aliphatic carbocycles. The van der Waals surface area contributed by atoms with Gasteiger partial charge in [0.25, 0.3) is 0 Å². The highest BCUT2D eigenvalue weighted by molar-refractivity contribution is 5.96. The van der Waals surface area contributed by atoms with E-state index >= 15 is 0 Å². The average molecular weight is 289 g/mol. The molecule has 0 saturated heterocycles. The molecule has 108 valence electrons. The first-order chi connectivity index (χ1) is 10.1. The second kappa shape index (κ2) is 4.44. The van der Waals surface area contributed by atoms with Gasteiger partial charge in [0.2, 0.25) is 11.6 Å². The van der Waals surface area contributed by atoms with Gasteiger partial charge in [-0.1, -0.05) is 30.3 Å². The van der Waals surface area contributed by atoms with Gasteiger partial charge in [0.05, 0.1) is 12.0 Å². The Morgan fingerprint density at radius 3 is 2.57 bits per heavy atom. The Morgan fingerprint density at radius 1 is 1.19 bits per heavy atom. The fourth-order valence-electron chi connectivity index (χ4n) is 2.84. The third-order valence-corrected chi connectivity index (χ3v) is 4.12. The van der Waals surface area contributed by atoms with E-state index < -0.39 is 24.0 Å². The van der Waals surface area contributed by atoms with Crippen LogP contribution in [0.5, 0.6) is 0 Å². The Bertz CT molecular complexity index is 700. The molecule has 4 rings (SSSR count). The summed E-state index contributed by atoms with van der Waals surface area (Å²) in [6.45, 7) is 0. The van der Waals surface area contributed by atoms with Crippen molar-refractivity contribution in [2.45, 2.75) is 31.2 Å². The predicted molar refractivity (Wildman–Crippen MR) is 70.4 cm³/mol. The molecule has 0 N–H and O–H groups in total. The molecule has 2 aromatic rings. The van der Waals surface area contributed by atoms with Gasteiger partial charge in [0.15, 0.2) is 12.0 Å². The van der Waals surface area contributed by atoms with Crippen LogP contribution in [0.3, 0.4) is 0 Å². The molecule has 0 amide bonds. The molecular formula is C15H13F2N3O. The van der Waals surface area contributed by atoms with E-state index in [1.807, 2.05) is 30.3 Å². The minimum atomic E-state index is -1.25. The molecule has 1 fully saturated rings. The van der Waals surface area contributed by atoms with Crippen LogP contribution in [0.4, 0.5) is 8.78 Å². The summed E-state index contributed by atoms with van der Waals surface area (Å²) < 4.78 is 28.6. The number of alkyl halides is 2. The highest BCUT2D eigenvalue weighted by atomic mass is 19.1. The van der Waals surface area contributed by atoms with Crippen LogP contribution >= 0.6 is 0 Å². The molecule has 1 aromatic carbocycles. The summed E-state index contributed by atoms with van der Waals surface area (Å²) in [4.78, 5) is 16.0. The zero-order valence-corrected chi connectivity index (χ0v) is 11.1. The van der Waals surface area contributed by atoms with Crippen molar-refractivity contribution >= 4 is 5.78 Å². The number of nitrogens with zero attached hydrogens (tertiary/aromatic N) is 3. The molecule has 0 radical (unpaired) electrons. The molecule has 4 atom stereocenters. The Kier molecular flexibility index (Phi) is 2.67. The van der Waals surface area contributed by atoms with Gasteiger partial charge in [-0.05, 0) is 12.0 Å². The van der Waals surface area contributed by atoms with Gasteiger partial charge in [-0.2, -0.15) is 0 Å². The van der Waals surface area contributed by atoms with Crippen LogP contribution < -0.4 is 0 Å². The van der Waals surface area contributed by atoms with Crippen molar-refractivity contribution in [1.82, 2.24) is 14.8 Å². The fraction of sp³-hybridized carbons (Fsp3) is 0.400. The standard InChI is InChI=1S/C15H13F2N3O/c16-10-6-9(10)13(21)14-18-15-11(17)7-12(20(15)19-14)8-4-2-1-3-5-8/h1-5,9-12H,6-7H2/t9-,10-,11-,12-/m0/s1. The molecular weight excluding hydrogens is 276 g/mol. The zero-order valence-electron chi connectivity index (χ0n) is 11.1. The van der Waals surface area contributed by atoms with Gasteiger partial charge in [-0.3, -0.25) is 4.79 Å². The highest BCUT2D eigenvalue weighted by Gasteiger charge is 2.46. The Morgan fingerprint density at radius 2 is 1.90 bits per heavy atom. The van der Waals surface area contributed by atoms with Crippen molar-refractivity contribution in [1.29, 1.82) is 0 Å². The van der Waals surface area contributed by atoms with Crippen molar-refractivity contribution in [3.8, 4) is 0 Å². The van der Waals surface area contributed by atoms with Crippen molar-refractivity contribution in [3.05, 3.63) is 47.5 Å². The van der Waals surface area contributed by atoms with Crippen LogP contribution in [0, 0.1) is 5.92 Å². The van der Waals surface area contributed by atoms with Crippen LogP contribution in [0.2, 0.25) is 0 Å². The van der Waals surface area contributed by atoms with Crippen LogP contribution in [0.1, 0.15) is 47.1 Å². The molecule has 1 aromatic heterocycles. The summed E-state index contributed by atoms with van der Waals surface area (Å²) in [5, 5.41) is 4.14. The van der Waals surface area contributed by atoms with Gasteiger partial charge in [-0.15, -0.1) is 5.10 Å². The van der Waals surface area contributed by atoms with Crippen molar-refractivity contribution in [3.63, 3.8) is 0 Å². The number of halogens is 2. The molecule has 0 spiro atoms. The van der Waals surface area contributed by atoms with E-state index in [0.717, 1.165) is 5.56 Å². The second-order valence-electron chi connectivity index (χ2n) is 5.59. The Balaban J connectivity index is 1.69. The minimum absolute atomic E-state index is 0.0570. The summed E-state index contributed by atoms with van der Waals surface area (Å²) in [7, 11) is 0. The van der Waals surface area contributed by atoms with Gasteiger partial charge in [0.1, 0.15) is 6.17 Å². The molecule has 0 unspecified atom stereocenters. The van der Waals surface area contributed by atoms with E-state index in [-0.39, 0.29) is 30.5 Å². The van der Waals surface area contributed by atoms with E-state index in [1.165, 1.54) is 4.68 Å². The largest absolute Gasteiger partial charge is 0.290 e. The van der Waals surface area contributed by atoms with Gasteiger partial charge in [0, 0.05) is 6.42 Å². The van der Waals surface area contributed by atoms with Crippen LogP contribution in [-0.4, -0.2) is 26.7 Å². The number of Topliss-reactive ketones (excluding diaryl/α,β-unsaturated/α-hetero) is 1. The number of hydrogen-bond acceptors (Lipinski definition) is 3. The number of ketones is 1.